The van der Waals surface area contributed by atoms with Crippen molar-refractivity contribution in [3.63, 3.8) is 0 Å². The van der Waals surface area contributed by atoms with Crippen LogP contribution in [0.25, 0.3) is 0 Å². The molecule has 3 rings (SSSR count). The van der Waals surface area contributed by atoms with Crippen molar-refractivity contribution in [3.05, 3.63) is 17.8 Å². The van der Waals surface area contributed by atoms with E-state index in [-0.39, 0.29) is 0 Å². The Labute approximate surface area is 133 Å². The number of anilines is 2. The molecule has 0 atom stereocenters. The minimum Gasteiger partial charge on any atom is -0.366 e. The van der Waals surface area contributed by atoms with E-state index >= 15 is 0 Å². The maximum absolute atomic E-state index is 4.53. The molecule has 0 aromatic carbocycles. The van der Waals surface area contributed by atoms with Gasteiger partial charge in [0.25, 0.3) is 0 Å². The number of hydrogen-bond donors (Lipinski definition) is 2. The predicted octanol–water partition coefficient (Wildman–Crippen LogP) is 3.92. The number of hydrogen-bond acceptors (Lipinski definition) is 5. The molecule has 5 heteroatoms. The van der Waals surface area contributed by atoms with Crippen LogP contribution in [0.2, 0.25) is 0 Å². The number of nitrogens with one attached hydrogen (secondary N) is 2. The van der Waals surface area contributed by atoms with Gasteiger partial charge in [-0.25, -0.2) is 0 Å². The minimum absolute atomic E-state index is 0.547. The summed E-state index contributed by atoms with van der Waals surface area (Å²) in [6.07, 6.45) is 16.9. The van der Waals surface area contributed by atoms with Crippen LogP contribution in [0, 0.1) is 0 Å². The molecule has 0 unspecified atom stereocenters. The first kappa shape index (κ1) is 15.3. The molecule has 0 saturated heterocycles. The number of nitrogens with zero attached hydrogens (tertiary/aromatic N) is 3. The van der Waals surface area contributed by atoms with Gasteiger partial charge >= 0.3 is 0 Å². The van der Waals surface area contributed by atoms with E-state index in [0.29, 0.717) is 12.0 Å². The first-order valence-corrected chi connectivity index (χ1v) is 8.78. The summed E-state index contributed by atoms with van der Waals surface area (Å²) in [5.41, 5.74) is 1.57. The van der Waals surface area contributed by atoms with Crippen LogP contribution in [0.4, 0.5) is 11.8 Å². The standard InChI is InChI=1S/C17H27N5/c1-3-7-14(8-4-1)11-12-18-17-21-16(13-19-22-17)20-15-9-5-2-6-10-15/h7,13,15H,1-6,8-12H2,(H2,18,20,21,22). The lowest BCUT2D eigenvalue weighted by Crippen LogP contribution is -2.23. The maximum atomic E-state index is 4.53. The Hall–Kier alpha value is -1.65. The zero-order valence-corrected chi connectivity index (χ0v) is 13.4. The van der Waals surface area contributed by atoms with Crippen molar-refractivity contribution in [2.45, 2.75) is 70.3 Å². The second-order valence-electron chi connectivity index (χ2n) is 6.43. The third-order valence-electron chi connectivity index (χ3n) is 4.63. The molecule has 1 heterocycles. The van der Waals surface area contributed by atoms with Crippen LogP contribution in [0.5, 0.6) is 0 Å². The van der Waals surface area contributed by atoms with Gasteiger partial charge in [0.05, 0.1) is 6.20 Å². The summed E-state index contributed by atoms with van der Waals surface area (Å²) in [5, 5.41) is 14.9. The quantitative estimate of drug-likeness (QED) is 0.780. The summed E-state index contributed by atoms with van der Waals surface area (Å²) in [5.74, 6) is 1.48. The van der Waals surface area contributed by atoms with Gasteiger partial charge in [0.15, 0.2) is 5.82 Å². The van der Waals surface area contributed by atoms with Crippen molar-refractivity contribution >= 4 is 11.8 Å². The summed E-state index contributed by atoms with van der Waals surface area (Å²) in [6.45, 7) is 0.889. The highest BCUT2D eigenvalue weighted by Gasteiger charge is 2.14. The maximum Gasteiger partial charge on any atom is 0.244 e. The SMILES string of the molecule is C1=C(CCNc2nncc(NC3CCCCC3)n2)CCCC1. The van der Waals surface area contributed by atoms with Crippen molar-refractivity contribution < 1.29 is 0 Å². The molecule has 0 radical (unpaired) electrons. The molecule has 0 bridgehead atoms. The second-order valence-corrected chi connectivity index (χ2v) is 6.43. The summed E-state index contributed by atoms with van der Waals surface area (Å²) in [6, 6.07) is 0.547. The summed E-state index contributed by atoms with van der Waals surface area (Å²) in [4.78, 5) is 4.53. The average molecular weight is 301 g/mol. The Morgan fingerprint density at radius 1 is 1.09 bits per heavy atom. The van der Waals surface area contributed by atoms with Crippen LogP contribution in [0.1, 0.15) is 64.2 Å². The Morgan fingerprint density at radius 3 is 2.82 bits per heavy atom. The second kappa shape index (κ2) is 8.11. The fourth-order valence-corrected chi connectivity index (χ4v) is 3.37. The van der Waals surface area contributed by atoms with Crippen molar-refractivity contribution in [3.8, 4) is 0 Å². The molecular formula is C17H27N5. The van der Waals surface area contributed by atoms with Gasteiger partial charge in [-0.3, -0.25) is 0 Å². The molecule has 0 amide bonds. The van der Waals surface area contributed by atoms with E-state index in [1.807, 2.05) is 0 Å². The molecule has 1 aromatic rings. The molecular weight excluding hydrogens is 274 g/mol. The Kier molecular flexibility index (Phi) is 5.62. The van der Waals surface area contributed by atoms with Gasteiger partial charge in [0, 0.05) is 12.6 Å². The fraction of sp³-hybridized carbons (Fsp3) is 0.706. The van der Waals surface area contributed by atoms with Gasteiger partial charge in [-0.1, -0.05) is 30.9 Å². The van der Waals surface area contributed by atoms with Crippen LogP contribution in [-0.4, -0.2) is 27.8 Å². The number of rotatable bonds is 6. The summed E-state index contributed by atoms with van der Waals surface area (Å²) in [7, 11) is 0. The molecule has 120 valence electrons. The fourth-order valence-electron chi connectivity index (χ4n) is 3.37. The summed E-state index contributed by atoms with van der Waals surface area (Å²) < 4.78 is 0. The van der Waals surface area contributed by atoms with E-state index in [9.17, 15) is 0 Å². The zero-order valence-electron chi connectivity index (χ0n) is 13.4. The monoisotopic (exact) mass is 301 g/mol. The molecule has 22 heavy (non-hydrogen) atoms. The van der Waals surface area contributed by atoms with Crippen molar-refractivity contribution in [1.29, 1.82) is 0 Å². The normalized spacial score (nSPS) is 19.5. The van der Waals surface area contributed by atoms with Gasteiger partial charge < -0.3 is 10.6 Å². The Bertz CT molecular complexity index is 494. The van der Waals surface area contributed by atoms with Gasteiger partial charge in [-0.15, -0.1) is 5.10 Å². The lowest BCUT2D eigenvalue weighted by atomic mass is 9.96. The van der Waals surface area contributed by atoms with Crippen molar-refractivity contribution in [2.75, 3.05) is 17.2 Å². The predicted molar refractivity (Wildman–Crippen MR) is 90.0 cm³/mol. The van der Waals surface area contributed by atoms with Crippen molar-refractivity contribution in [2.24, 2.45) is 0 Å². The highest BCUT2D eigenvalue weighted by atomic mass is 15.3. The molecule has 0 aliphatic heterocycles. The first-order chi connectivity index (χ1) is 10.9. The molecule has 0 spiro atoms. The Balaban J connectivity index is 1.46. The number of allylic oxidation sites excluding steroid dienone is 1. The topological polar surface area (TPSA) is 62.7 Å². The molecule has 2 N–H and O–H groups in total. The van der Waals surface area contributed by atoms with Gasteiger partial charge in [-0.05, 0) is 44.9 Å². The third kappa shape index (κ3) is 4.68. The molecule has 1 fully saturated rings. The van der Waals surface area contributed by atoms with E-state index in [2.05, 4.69) is 31.9 Å². The molecule has 2 aliphatic carbocycles. The van der Waals surface area contributed by atoms with E-state index in [1.54, 1.807) is 11.8 Å². The molecule has 1 aromatic heterocycles. The lowest BCUT2D eigenvalue weighted by molar-refractivity contribution is 0.461. The summed E-state index contributed by atoms with van der Waals surface area (Å²) >= 11 is 0. The first-order valence-electron chi connectivity index (χ1n) is 8.78. The van der Waals surface area contributed by atoms with E-state index in [4.69, 9.17) is 0 Å². The average Bonchev–Trinajstić information content (AvgIpc) is 2.57. The zero-order chi connectivity index (χ0) is 15.0. The van der Waals surface area contributed by atoms with Crippen LogP contribution < -0.4 is 10.6 Å². The highest BCUT2D eigenvalue weighted by Crippen LogP contribution is 2.21. The smallest absolute Gasteiger partial charge is 0.244 e. The van der Waals surface area contributed by atoms with Gasteiger partial charge in [0.2, 0.25) is 5.95 Å². The number of aromatic nitrogens is 3. The minimum atomic E-state index is 0.547. The van der Waals surface area contributed by atoms with Crippen LogP contribution >= 0.6 is 0 Å². The van der Waals surface area contributed by atoms with Crippen LogP contribution in [0.15, 0.2) is 17.8 Å². The van der Waals surface area contributed by atoms with Crippen LogP contribution in [0.3, 0.4) is 0 Å². The molecule has 1 saturated carbocycles. The Morgan fingerprint density at radius 2 is 2.00 bits per heavy atom. The van der Waals surface area contributed by atoms with E-state index in [1.165, 1.54) is 57.8 Å². The molecule has 2 aliphatic rings. The van der Waals surface area contributed by atoms with Crippen molar-refractivity contribution in [1.82, 2.24) is 15.2 Å². The lowest BCUT2D eigenvalue weighted by Gasteiger charge is -2.23. The largest absolute Gasteiger partial charge is 0.366 e. The van der Waals surface area contributed by atoms with Gasteiger partial charge in [-0.2, -0.15) is 10.1 Å². The van der Waals surface area contributed by atoms with E-state index in [0.717, 1.165) is 18.8 Å². The van der Waals surface area contributed by atoms with Gasteiger partial charge in [0.1, 0.15) is 0 Å². The molecule has 5 nitrogen and oxygen atoms in total. The highest BCUT2D eigenvalue weighted by molar-refractivity contribution is 5.38. The van der Waals surface area contributed by atoms with E-state index < -0.39 is 0 Å². The van der Waals surface area contributed by atoms with Crippen LogP contribution in [-0.2, 0) is 0 Å². The third-order valence-corrected chi connectivity index (χ3v) is 4.63.